The van der Waals surface area contributed by atoms with Crippen LogP contribution in [0.2, 0.25) is 0 Å². The van der Waals surface area contributed by atoms with Crippen LogP contribution in [0.1, 0.15) is 10.6 Å². The third kappa shape index (κ3) is 3.60. The predicted molar refractivity (Wildman–Crippen MR) is 85.3 cm³/mol. The molecular formula is C17H17N3O3. The molecule has 0 atom stereocenters. The number of imidazole rings is 1. The van der Waals surface area contributed by atoms with Crippen molar-refractivity contribution in [3.8, 4) is 17.1 Å². The summed E-state index contributed by atoms with van der Waals surface area (Å²) in [5.41, 5.74) is 0.863. The summed E-state index contributed by atoms with van der Waals surface area (Å²) >= 11 is 0. The first-order valence-electron chi connectivity index (χ1n) is 7.24. The Morgan fingerprint density at radius 2 is 2.26 bits per heavy atom. The molecule has 1 N–H and O–H groups in total. The molecule has 0 fully saturated rings. The number of carbonyl (C=O) groups is 1. The number of carbonyl (C=O) groups excluding carboxylic acids is 1. The molecule has 2 aromatic heterocycles. The summed E-state index contributed by atoms with van der Waals surface area (Å²) in [5, 5.41) is 2.82. The van der Waals surface area contributed by atoms with E-state index in [0.717, 1.165) is 11.3 Å². The molecule has 118 valence electrons. The second-order valence-electron chi connectivity index (χ2n) is 4.95. The van der Waals surface area contributed by atoms with E-state index in [-0.39, 0.29) is 11.7 Å². The minimum absolute atomic E-state index is 0.237. The predicted octanol–water partition coefficient (Wildman–Crippen LogP) is 2.58. The van der Waals surface area contributed by atoms with Gasteiger partial charge in [0.15, 0.2) is 5.76 Å². The molecule has 1 amide bonds. The number of benzene rings is 1. The molecule has 2 heterocycles. The summed E-state index contributed by atoms with van der Waals surface area (Å²) < 4.78 is 12.7. The molecule has 23 heavy (non-hydrogen) atoms. The van der Waals surface area contributed by atoms with Crippen LogP contribution in [-0.2, 0) is 6.54 Å². The Balaban J connectivity index is 1.62. The van der Waals surface area contributed by atoms with E-state index < -0.39 is 0 Å². The summed E-state index contributed by atoms with van der Waals surface area (Å²) in [6.07, 6.45) is 5.26. The van der Waals surface area contributed by atoms with Gasteiger partial charge < -0.3 is 19.0 Å². The number of nitrogens with one attached hydrogen (secondary N) is 1. The van der Waals surface area contributed by atoms with E-state index >= 15 is 0 Å². The maximum Gasteiger partial charge on any atom is 0.287 e. The Hall–Kier alpha value is -3.02. The van der Waals surface area contributed by atoms with E-state index in [1.165, 1.54) is 0 Å². The van der Waals surface area contributed by atoms with E-state index in [0.29, 0.717) is 18.8 Å². The van der Waals surface area contributed by atoms with Crippen LogP contribution in [0.5, 0.6) is 5.75 Å². The first-order chi connectivity index (χ1) is 11.3. The van der Waals surface area contributed by atoms with E-state index in [4.69, 9.17) is 9.15 Å². The third-order valence-electron chi connectivity index (χ3n) is 3.40. The quantitative estimate of drug-likeness (QED) is 0.759. The van der Waals surface area contributed by atoms with Gasteiger partial charge in [-0.3, -0.25) is 4.79 Å². The maximum atomic E-state index is 12.1. The van der Waals surface area contributed by atoms with Crippen LogP contribution < -0.4 is 10.1 Å². The minimum atomic E-state index is -0.237. The number of methoxy groups -OCH3 is 1. The van der Waals surface area contributed by atoms with Crippen LogP contribution in [0.3, 0.4) is 0 Å². The summed E-state index contributed by atoms with van der Waals surface area (Å²) in [5.74, 6) is 1.42. The number of aromatic nitrogens is 2. The van der Waals surface area contributed by atoms with E-state index in [1.807, 2.05) is 35.0 Å². The molecule has 3 aromatic rings. The molecule has 0 unspecified atom stereocenters. The maximum absolute atomic E-state index is 12.1. The number of hydrogen-bond donors (Lipinski definition) is 1. The van der Waals surface area contributed by atoms with Crippen molar-refractivity contribution in [2.24, 2.45) is 0 Å². The van der Waals surface area contributed by atoms with Crippen molar-refractivity contribution in [3.05, 3.63) is 60.9 Å². The van der Waals surface area contributed by atoms with Gasteiger partial charge in [-0.05, 0) is 24.3 Å². The molecule has 6 nitrogen and oxygen atoms in total. The zero-order valence-electron chi connectivity index (χ0n) is 12.7. The van der Waals surface area contributed by atoms with Gasteiger partial charge in [0.2, 0.25) is 0 Å². The molecule has 1 aromatic carbocycles. The van der Waals surface area contributed by atoms with Gasteiger partial charge in [0.25, 0.3) is 5.91 Å². The smallest absolute Gasteiger partial charge is 0.287 e. The summed E-state index contributed by atoms with van der Waals surface area (Å²) in [4.78, 5) is 16.0. The lowest BCUT2D eigenvalue weighted by atomic mass is 10.2. The van der Waals surface area contributed by atoms with Gasteiger partial charge in [-0.15, -0.1) is 0 Å². The van der Waals surface area contributed by atoms with Gasteiger partial charge in [-0.25, -0.2) is 4.98 Å². The lowest BCUT2D eigenvalue weighted by Crippen LogP contribution is -2.26. The number of furan rings is 1. The number of amides is 1. The van der Waals surface area contributed by atoms with Gasteiger partial charge in [0.1, 0.15) is 11.5 Å². The standard InChI is InChI=1S/C17H17N3O3/c1-22-14-4-2-3-13(11-14)15-5-6-16(23-15)17(21)19-8-10-20-9-7-18-12-20/h2-7,9,11-12H,8,10H2,1H3,(H,19,21). The van der Waals surface area contributed by atoms with Gasteiger partial charge in [0, 0.05) is 31.0 Å². The van der Waals surface area contributed by atoms with Crippen LogP contribution in [0.25, 0.3) is 11.3 Å². The Bertz CT molecular complexity index is 778. The summed E-state index contributed by atoms with van der Waals surface area (Å²) in [6, 6.07) is 10.9. The second-order valence-corrected chi connectivity index (χ2v) is 4.95. The Labute approximate surface area is 133 Å². The molecule has 0 radical (unpaired) electrons. The lowest BCUT2D eigenvalue weighted by Gasteiger charge is -2.04. The van der Waals surface area contributed by atoms with E-state index in [1.54, 1.807) is 31.8 Å². The molecule has 0 bridgehead atoms. The fraction of sp³-hybridized carbons (Fsp3) is 0.176. The van der Waals surface area contributed by atoms with Gasteiger partial charge in [0.05, 0.1) is 13.4 Å². The fourth-order valence-corrected chi connectivity index (χ4v) is 2.20. The third-order valence-corrected chi connectivity index (χ3v) is 3.40. The van der Waals surface area contributed by atoms with Crippen LogP contribution in [0.15, 0.2) is 59.5 Å². The second kappa shape index (κ2) is 6.83. The Morgan fingerprint density at radius 3 is 3.04 bits per heavy atom. The van der Waals surface area contributed by atoms with E-state index in [9.17, 15) is 4.79 Å². The first-order valence-corrected chi connectivity index (χ1v) is 7.24. The van der Waals surface area contributed by atoms with Crippen molar-refractivity contribution in [2.75, 3.05) is 13.7 Å². The highest BCUT2D eigenvalue weighted by atomic mass is 16.5. The lowest BCUT2D eigenvalue weighted by molar-refractivity contribution is 0.0925. The molecule has 0 saturated heterocycles. The van der Waals surface area contributed by atoms with E-state index in [2.05, 4.69) is 10.3 Å². The average molecular weight is 311 g/mol. The van der Waals surface area contributed by atoms with Crippen molar-refractivity contribution in [1.29, 1.82) is 0 Å². The van der Waals surface area contributed by atoms with Gasteiger partial charge >= 0.3 is 0 Å². The van der Waals surface area contributed by atoms with Gasteiger partial charge in [-0.2, -0.15) is 0 Å². The molecule has 0 aliphatic carbocycles. The van der Waals surface area contributed by atoms with Crippen molar-refractivity contribution >= 4 is 5.91 Å². The van der Waals surface area contributed by atoms with Crippen LogP contribution in [-0.4, -0.2) is 29.1 Å². The highest BCUT2D eigenvalue weighted by Gasteiger charge is 2.12. The first kappa shape index (κ1) is 14.9. The van der Waals surface area contributed by atoms with Crippen molar-refractivity contribution < 1.29 is 13.9 Å². The highest BCUT2D eigenvalue weighted by molar-refractivity contribution is 5.92. The molecular weight excluding hydrogens is 294 g/mol. The largest absolute Gasteiger partial charge is 0.497 e. The number of hydrogen-bond acceptors (Lipinski definition) is 4. The van der Waals surface area contributed by atoms with Crippen molar-refractivity contribution in [2.45, 2.75) is 6.54 Å². The Kier molecular flexibility index (Phi) is 4.42. The van der Waals surface area contributed by atoms with Gasteiger partial charge in [-0.1, -0.05) is 12.1 Å². The number of rotatable bonds is 6. The number of nitrogens with zero attached hydrogens (tertiary/aromatic N) is 2. The SMILES string of the molecule is COc1cccc(-c2ccc(C(=O)NCCn3ccnc3)o2)c1. The molecule has 3 rings (SSSR count). The monoisotopic (exact) mass is 311 g/mol. The van der Waals surface area contributed by atoms with Crippen LogP contribution in [0, 0.1) is 0 Å². The summed E-state index contributed by atoms with van der Waals surface area (Å²) in [7, 11) is 1.61. The molecule has 0 saturated carbocycles. The molecule has 0 spiro atoms. The molecule has 6 heteroatoms. The fourth-order valence-electron chi connectivity index (χ4n) is 2.20. The summed E-state index contributed by atoms with van der Waals surface area (Å²) in [6.45, 7) is 1.17. The topological polar surface area (TPSA) is 69.3 Å². The van der Waals surface area contributed by atoms with Crippen molar-refractivity contribution in [1.82, 2.24) is 14.9 Å². The average Bonchev–Trinajstić information content (AvgIpc) is 3.26. The van der Waals surface area contributed by atoms with Crippen LogP contribution in [0.4, 0.5) is 0 Å². The molecule has 0 aliphatic heterocycles. The Morgan fingerprint density at radius 1 is 1.35 bits per heavy atom. The zero-order chi connectivity index (χ0) is 16.1. The number of ether oxygens (including phenoxy) is 1. The molecule has 0 aliphatic rings. The van der Waals surface area contributed by atoms with Crippen molar-refractivity contribution in [3.63, 3.8) is 0 Å². The normalized spacial score (nSPS) is 10.5. The minimum Gasteiger partial charge on any atom is -0.497 e. The highest BCUT2D eigenvalue weighted by Crippen LogP contribution is 2.25. The van der Waals surface area contributed by atoms with Crippen LogP contribution >= 0.6 is 0 Å². The zero-order valence-corrected chi connectivity index (χ0v) is 12.7.